The van der Waals surface area contributed by atoms with Crippen molar-refractivity contribution in [3.05, 3.63) is 29.3 Å². The monoisotopic (exact) mass is 356 g/mol. The van der Waals surface area contributed by atoms with Crippen molar-refractivity contribution in [2.24, 2.45) is 5.92 Å². The van der Waals surface area contributed by atoms with Gasteiger partial charge in [0.15, 0.2) is 11.5 Å². The highest BCUT2D eigenvalue weighted by Crippen LogP contribution is 2.33. The number of nitrogens with zero attached hydrogens (tertiary/aromatic N) is 1. The lowest BCUT2D eigenvalue weighted by Gasteiger charge is -2.29. The smallest absolute Gasteiger partial charge is 0.262 e. The predicted molar refractivity (Wildman–Crippen MR) is 102 cm³/mol. The molecule has 0 spiro atoms. The molecule has 1 aromatic carbocycles. The summed E-state index contributed by atoms with van der Waals surface area (Å²) in [6.45, 7) is 5.99. The maximum Gasteiger partial charge on any atom is 0.262 e. The molecule has 2 atom stereocenters. The number of nitrogens with one attached hydrogen (secondary N) is 1. The molecule has 1 amide bonds. The average Bonchev–Trinajstić information content (AvgIpc) is 2.62. The molecule has 0 aliphatic heterocycles. The minimum atomic E-state index is -0.329. The molecule has 5 nitrogen and oxygen atoms in total. The molecule has 26 heavy (non-hydrogen) atoms. The van der Waals surface area contributed by atoms with Crippen LogP contribution in [-0.4, -0.2) is 25.2 Å². The van der Waals surface area contributed by atoms with Crippen LogP contribution in [0.15, 0.2) is 23.8 Å². The molecule has 0 bridgehead atoms. The van der Waals surface area contributed by atoms with E-state index in [0.29, 0.717) is 23.0 Å². The number of para-hydroxylation sites is 1. The van der Waals surface area contributed by atoms with Crippen LogP contribution in [0.2, 0.25) is 0 Å². The number of hydrogen-bond acceptors (Lipinski definition) is 4. The Balaban J connectivity index is 2.27. The topological polar surface area (TPSA) is 71.3 Å². The quantitative estimate of drug-likeness (QED) is 0.616. The first-order valence-electron chi connectivity index (χ1n) is 9.22. The Morgan fingerprint density at radius 2 is 2.08 bits per heavy atom. The van der Waals surface area contributed by atoms with Crippen molar-refractivity contribution in [3.63, 3.8) is 0 Å². The summed E-state index contributed by atoms with van der Waals surface area (Å²) in [6, 6.07) is 7.58. The van der Waals surface area contributed by atoms with E-state index in [9.17, 15) is 10.1 Å². The molecule has 0 heterocycles. The third-order valence-electron chi connectivity index (χ3n) is 4.68. The molecule has 1 aliphatic carbocycles. The van der Waals surface area contributed by atoms with Gasteiger partial charge in [-0.1, -0.05) is 31.9 Å². The van der Waals surface area contributed by atoms with Crippen LogP contribution in [0.4, 0.5) is 0 Å². The highest BCUT2D eigenvalue weighted by atomic mass is 16.5. The molecule has 1 aromatic rings. The van der Waals surface area contributed by atoms with Crippen molar-refractivity contribution in [2.75, 3.05) is 7.11 Å². The van der Waals surface area contributed by atoms with Gasteiger partial charge in [0, 0.05) is 11.6 Å². The molecular formula is C21H28N2O3. The van der Waals surface area contributed by atoms with Crippen molar-refractivity contribution < 1.29 is 14.3 Å². The Bertz CT molecular complexity index is 704. The van der Waals surface area contributed by atoms with Crippen LogP contribution in [0.5, 0.6) is 11.5 Å². The summed E-state index contributed by atoms with van der Waals surface area (Å²) >= 11 is 0. The zero-order valence-corrected chi connectivity index (χ0v) is 16.0. The maximum absolute atomic E-state index is 12.6. The van der Waals surface area contributed by atoms with E-state index in [1.807, 2.05) is 32.0 Å². The van der Waals surface area contributed by atoms with Crippen molar-refractivity contribution in [1.82, 2.24) is 5.32 Å². The molecule has 1 saturated carbocycles. The Morgan fingerprint density at radius 1 is 1.35 bits per heavy atom. The molecule has 2 rings (SSSR count). The minimum absolute atomic E-state index is 0.0547. The fourth-order valence-corrected chi connectivity index (χ4v) is 3.25. The first-order chi connectivity index (χ1) is 12.5. The Hall–Kier alpha value is -2.48. The van der Waals surface area contributed by atoms with Crippen molar-refractivity contribution in [2.45, 2.75) is 58.6 Å². The zero-order valence-electron chi connectivity index (χ0n) is 16.0. The van der Waals surface area contributed by atoms with E-state index < -0.39 is 0 Å². The lowest BCUT2D eigenvalue weighted by molar-refractivity contribution is -0.118. The van der Waals surface area contributed by atoms with Gasteiger partial charge in [-0.3, -0.25) is 4.79 Å². The molecule has 0 unspecified atom stereocenters. The molecule has 1 N–H and O–H groups in total. The molecule has 140 valence electrons. The van der Waals surface area contributed by atoms with Gasteiger partial charge in [0.05, 0.1) is 13.2 Å². The van der Waals surface area contributed by atoms with Gasteiger partial charge in [-0.25, -0.2) is 0 Å². The van der Waals surface area contributed by atoms with Crippen LogP contribution in [-0.2, 0) is 4.79 Å². The number of hydrogen-bond donors (Lipinski definition) is 1. The largest absolute Gasteiger partial charge is 0.493 e. The number of nitriles is 1. The van der Waals surface area contributed by atoms with Crippen molar-refractivity contribution >= 4 is 12.0 Å². The molecule has 0 radical (unpaired) electrons. The van der Waals surface area contributed by atoms with Crippen LogP contribution < -0.4 is 14.8 Å². The standard InChI is InChI=1S/C21H28N2O3/c1-14(2)26-20-16(9-7-11-19(20)25-4)12-17(13-22)21(24)23-18-10-6-5-8-15(18)3/h7,9,11-12,14-15,18H,5-6,8,10H2,1-4H3,(H,23,24)/b17-12+/t15-,18+/m0/s1. The third-order valence-corrected chi connectivity index (χ3v) is 4.68. The van der Waals surface area contributed by atoms with Crippen LogP contribution >= 0.6 is 0 Å². The summed E-state index contributed by atoms with van der Waals surface area (Å²) in [5, 5.41) is 12.5. The van der Waals surface area contributed by atoms with Crippen LogP contribution in [0.25, 0.3) is 6.08 Å². The van der Waals surface area contributed by atoms with E-state index in [2.05, 4.69) is 12.2 Å². The summed E-state index contributed by atoms with van der Waals surface area (Å²) in [7, 11) is 1.57. The van der Waals surface area contributed by atoms with E-state index in [1.54, 1.807) is 19.3 Å². The lowest BCUT2D eigenvalue weighted by Crippen LogP contribution is -2.41. The van der Waals surface area contributed by atoms with Gasteiger partial charge in [-0.05, 0) is 44.7 Å². The summed E-state index contributed by atoms with van der Waals surface area (Å²) in [4.78, 5) is 12.6. The average molecular weight is 356 g/mol. The second kappa shape index (κ2) is 9.28. The predicted octanol–water partition coefficient (Wildman–Crippen LogP) is 4.08. The molecule has 5 heteroatoms. The second-order valence-corrected chi connectivity index (χ2v) is 7.06. The molecule has 1 aliphatic rings. The van der Waals surface area contributed by atoms with E-state index in [0.717, 1.165) is 19.3 Å². The molecule has 0 aromatic heterocycles. The first kappa shape index (κ1) is 19.8. The summed E-state index contributed by atoms with van der Waals surface area (Å²) in [5.41, 5.74) is 0.728. The fraction of sp³-hybridized carbons (Fsp3) is 0.524. The molecule has 1 fully saturated rings. The van der Waals surface area contributed by atoms with Gasteiger partial charge in [-0.15, -0.1) is 0 Å². The Kier molecular flexibility index (Phi) is 7.08. The number of amides is 1. The van der Waals surface area contributed by atoms with E-state index in [1.165, 1.54) is 6.42 Å². The number of ether oxygens (including phenoxy) is 2. The first-order valence-corrected chi connectivity index (χ1v) is 9.22. The van der Waals surface area contributed by atoms with Gasteiger partial charge >= 0.3 is 0 Å². The minimum Gasteiger partial charge on any atom is -0.493 e. The van der Waals surface area contributed by atoms with E-state index in [4.69, 9.17) is 9.47 Å². The van der Waals surface area contributed by atoms with E-state index >= 15 is 0 Å². The fourth-order valence-electron chi connectivity index (χ4n) is 3.25. The lowest BCUT2D eigenvalue weighted by atomic mass is 9.86. The van der Waals surface area contributed by atoms with Gasteiger partial charge in [-0.2, -0.15) is 5.26 Å². The number of benzene rings is 1. The van der Waals surface area contributed by atoms with Gasteiger partial charge in [0.1, 0.15) is 11.6 Å². The van der Waals surface area contributed by atoms with Crippen LogP contribution in [0.3, 0.4) is 0 Å². The summed E-state index contributed by atoms with van der Waals surface area (Å²) in [6.07, 6.45) is 5.91. The maximum atomic E-state index is 12.6. The van der Waals surface area contributed by atoms with Crippen LogP contribution in [0.1, 0.15) is 52.0 Å². The number of rotatable bonds is 6. The third kappa shape index (κ3) is 5.01. The van der Waals surface area contributed by atoms with Crippen LogP contribution in [0, 0.1) is 17.2 Å². The highest BCUT2D eigenvalue weighted by Gasteiger charge is 2.24. The molecule has 0 saturated heterocycles. The van der Waals surface area contributed by atoms with E-state index in [-0.39, 0.29) is 23.6 Å². The summed E-state index contributed by atoms with van der Waals surface area (Å²) in [5.74, 6) is 1.22. The van der Waals surface area contributed by atoms with Crippen molar-refractivity contribution in [1.29, 1.82) is 5.26 Å². The Morgan fingerprint density at radius 3 is 2.69 bits per heavy atom. The number of methoxy groups -OCH3 is 1. The second-order valence-electron chi connectivity index (χ2n) is 7.06. The zero-order chi connectivity index (χ0) is 19.1. The Labute approximate surface area is 156 Å². The normalized spacial score (nSPS) is 20.4. The number of carbonyl (C=O) groups excluding carboxylic acids is 1. The SMILES string of the molecule is COc1cccc(/C=C(\C#N)C(=O)N[C@@H]2CCCC[C@@H]2C)c1OC(C)C. The number of carbonyl (C=O) groups is 1. The highest BCUT2D eigenvalue weighted by molar-refractivity contribution is 6.02. The van der Waals surface area contributed by atoms with Gasteiger partial charge < -0.3 is 14.8 Å². The molecular weight excluding hydrogens is 328 g/mol. The van der Waals surface area contributed by atoms with Gasteiger partial charge in [0.25, 0.3) is 5.91 Å². The van der Waals surface area contributed by atoms with Crippen molar-refractivity contribution in [3.8, 4) is 17.6 Å². The van der Waals surface area contributed by atoms with Gasteiger partial charge in [0.2, 0.25) is 0 Å². The summed E-state index contributed by atoms with van der Waals surface area (Å²) < 4.78 is 11.2.